The molecule has 2 heteroatoms. The van der Waals surface area contributed by atoms with E-state index in [-0.39, 0.29) is 0 Å². The zero-order valence-corrected chi connectivity index (χ0v) is 8.52. The van der Waals surface area contributed by atoms with E-state index in [1.807, 2.05) is 0 Å². The molecule has 0 bridgehead atoms. The number of rotatable bonds is 4. The molecular weight excluding hydrogens is 204 g/mol. The van der Waals surface area contributed by atoms with Crippen LogP contribution in [0.2, 0.25) is 0 Å². The first-order chi connectivity index (χ1) is 5.31. The Balaban J connectivity index is 3.29. The summed E-state index contributed by atoms with van der Waals surface area (Å²) in [7, 11) is 0. The van der Waals surface area contributed by atoms with E-state index in [1.165, 1.54) is 12.8 Å². The summed E-state index contributed by atoms with van der Waals surface area (Å²) in [4.78, 5) is 0. The second-order valence-corrected chi connectivity index (χ2v) is 3.03. The van der Waals surface area contributed by atoms with E-state index in [1.54, 1.807) is 0 Å². The summed E-state index contributed by atoms with van der Waals surface area (Å²) in [5.41, 5.74) is 0. The zero-order chi connectivity index (χ0) is 8.53. The molecule has 0 radical (unpaired) electrons. The van der Waals surface area contributed by atoms with Gasteiger partial charge in [0.15, 0.2) is 0 Å². The topological polar surface area (TPSA) is 20.2 Å². The molecule has 0 rings (SSSR count). The molecule has 64 valence electrons. The summed E-state index contributed by atoms with van der Waals surface area (Å²) >= 11 is 3.17. The van der Waals surface area contributed by atoms with Crippen molar-refractivity contribution in [2.75, 3.05) is 5.33 Å². The van der Waals surface area contributed by atoms with Crippen LogP contribution in [0.3, 0.4) is 0 Å². The quantitative estimate of drug-likeness (QED) is 0.437. The van der Waals surface area contributed by atoms with Gasteiger partial charge in [0.2, 0.25) is 0 Å². The van der Waals surface area contributed by atoms with Gasteiger partial charge in [0.25, 0.3) is 0 Å². The van der Waals surface area contributed by atoms with Crippen molar-refractivity contribution in [2.45, 2.75) is 38.7 Å². The third-order valence-electron chi connectivity index (χ3n) is 1.42. The summed E-state index contributed by atoms with van der Waals surface area (Å²) in [5, 5.41) is 9.86. The second kappa shape index (κ2) is 8.10. The van der Waals surface area contributed by atoms with Crippen LogP contribution in [0.5, 0.6) is 0 Å². The third kappa shape index (κ3) is 7.90. The lowest BCUT2D eigenvalue weighted by Gasteiger charge is -2.00. The van der Waals surface area contributed by atoms with Gasteiger partial charge < -0.3 is 5.11 Å². The van der Waals surface area contributed by atoms with E-state index in [2.05, 4.69) is 34.7 Å². The monoisotopic (exact) mass is 218 g/mol. The molecule has 11 heavy (non-hydrogen) atoms. The number of hydrogen-bond acceptors (Lipinski definition) is 1. The van der Waals surface area contributed by atoms with E-state index >= 15 is 0 Å². The van der Waals surface area contributed by atoms with Gasteiger partial charge in [0.1, 0.15) is 6.10 Å². The highest BCUT2D eigenvalue weighted by atomic mass is 79.9. The Bertz CT molecular complexity index is 134. The molecule has 0 aliphatic heterocycles. The minimum atomic E-state index is -0.418. The molecule has 1 nitrogen and oxygen atoms in total. The zero-order valence-electron chi connectivity index (χ0n) is 6.94. The number of unbranched alkanes of at least 4 members (excludes halogenated alkanes) is 2. The maximum atomic E-state index is 9.21. The van der Waals surface area contributed by atoms with Crippen molar-refractivity contribution in [1.29, 1.82) is 0 Å². The van der Waals surface area contributed by atoms with E-state index in [9.17, 15) is 5.11 Å². The van der Waals surface area contributed by atoms with E-state index in [0.717, 1.165) is 12.8 Å². The molecule has 1 atom stereocenters. The van der Waals surface area contributed by atoms with E-state index < -0.39 is 6.10 Å². The van der Waals surface area contributed by atoms with Gasteiger partial charge in [-0.05, 0) is 12.8 Å². The van der Waals surface area contributed by atoms with Gasteiger partial charge in [-0.25, -0.2) is 0 Å². The second-order valence-electron chi connectivity index (χ2n) is 2.47. The van der Waals surface area contributed by atoms with Crippen LogP contribution in [-0.4, -0.2) is 16.5 Å². The van der Waals surface area contributed by atoms with Gasteiger partial charge in [0, 0.05) is 0 Å². The van der Waals surface area contributed by atoms with Crippen LogP contribution in [0.15, 0.2) is 0 Å². The first-order valence-electron chi connectivity index (χ1n) is 4.03. The standard InChI is InChI=1S/C9H15BrO/c1-2-3-4-6-9(11)7-5-8-10/h9,11H,2-4,6,8H2,1H3/t9-/m0/s1. The van der Waals surface area contributed by atoms with Gasteiger partial charge in [-0.15, -0.1) is 0 Å². The third-order valence-corrected chi connectivity index (χ3v) is 1.70. The molecular formula is C9H15BrO. The average molecular weight is 219 g/mol. The summed E-state index contributed by atoms with van der Waals surface area (Å²) in [6.45, 7) is 2.15. The molecule has 0 saturated carbocycles. The number of aliphatic hydroxyl groups is 1. The first-order valence-corrected chi connectivity index (χ1v) is 5.15. The highest BCUT2D eigenvalue weighted by Gasteiger charge is 1.96. The lowest BCUT2D eigenvalue weighted by molar-refractivity contribution is 0.217. The Labute approximate surface area is 77.3 Å². The smallest absolute Gasteiger partial charge is 0.114 e. The Hall–Kier alpha value is 0. The average Bonchev–Trinajstić information content (AvgIpc) is 2.01. The fourth-order valence-electron chi connectivity index (χ4n) is 0.816. The summed E-state index contributed by atoms with van der Waals surface area (Å²) in [6.07, 6.45) is 3.85. The van der Waals surface area contributed by atoms with Crippen LogP contribution in [0.1, 0.15) is 32.6 Å². The normalized spacial score (nSPS) is 11.9. The Morgan fingerprint density at radius 3 is 2.73 bits per heavy atom. The Kier molecular flexibility index (Phi) is 8.10. The Morgan fingerprint density at radius 2 is 2.18 bits per heavy atom. The maximum absolute atomic E-state index is 9.21. The highest BCUT2D eigenvalue weighted by Crippen LogP contribution is 2.01. The van der Waals surface area contributed by atoms with Crippen LogP contribution < -0.4 is 0 Å². The Morgan fingerprint density at radius 1 is 1.45 bits per heavy atom. The number of aliphatic hydroxyl groups excluding tert-OH is 1. The van der Waals surface area contributed by atoms with Gasteiger partial charge in [0.05, 0.1) is 5.33 Å². The van der Waals surface area contributed by atoms with Crippen molar-refractivity contribution >= 4 is 15.9 Å². The summed E-state index contributed by atoms with van der Waals surface area (Å²) in [6, 6.07) is 0. The predicted molar refractivity (Wildman–Crippen MR) is 51.7 cm³/mol. The molecule has 0 aromatic carbocycles. The number of hydrogen-bond donors (Lipinski definition) is 1. The van der Waals surface area contributed by atoms with E-state index in [4.69, 9.17) is 0 Å². The molecule has 0 fully saturated rings. The molecule has 0 spiro atoms. The SMILES string of the molecule is CCCCC[C@H](O)C#CCBr. The maximum Gasteiger partial charge on any atom is 0.114 e. The van der Waals surface area contributed by atoms with Crippen molar-refractivity contribution in [2.24, 2.45) is 0 Å². The molecule has 0 heterocycles. The molecule has 0 unspecified atom stereocenters. The van der Waals surface area contributed by atoms with Gasteiger partial charge in [-0.1, -0.05) is 47.5 Å². The van der Waals surface area contributed by atoms with Crippen molar-refractivity contribution in [1.82, 2.24) is 0 Å². The van der Waals surface area contributed by atoms with Crippen molar-refractivity contribution in [3.8, 4) is 11.8 Å². The van der Waals surface area contributed by atoms with Crippen LogP contribution in [-0.2, 0) is 0 Å². The van der Waals surface area contributed by atoms with Gasteiger partial charge >= 0.3 is 0 Å². The predicted octanol–water partition coefficient (Wildman–Crippen LogP) is 2.33. The molecule has 0 amide bonds. The minimum absolute atomic E-state index is 0.418. The first kappa shape index (κ1) is 11.0. The number of alkyl halides is 1. The van der Waals surface area contributed by atoms with Gasteiger partial charge in [-0.3, -0.25) is 0 Å². The highest BCUT2D eigenvalue weighted by molar-refractivity contribution is 9.09. The van der Waals surface area contributed by atoms with Crippen LogP contribution >= 0.6 is 15.9 Å². The van der Waals surface area contributed by atoms with Crippen LogP contribution in [0, 0.1) is 11.8 Å². The number of halogens is 1. The molecule has 0 saturated heterocycles. The van der Waals surface area contributed by atoms with Crippen molar-refractivity contribution in [3.63, 3.8) is 0 Å². The van der Waals surface area contributed by atoms with Gasteiger partial charge in [-0.2, -0.15) is 0 Å². The van der Waals surface area contributed by atoms with Crippen molar-refractivity contribution < 1.29 is 5.11 Å². The van der Waals surface area contributed by atoms with Crippen molar-refractivity contribution in [3.05, 3.63) is 0 Å². The lowest BCUT2D eigenvalue weighted by atomic mass is 10.1. The molecule has 0 aromatic heterocycles. The minimum Gasteiger partial charge on any atom is -0.380 e. The molecule has 0 aromatic rings. The largest absolute Gasteiger partial charge is 0.380 e. The fraction of sp³-hybridized carbons (Fsp3) is 0.778. The fourth-order valence-corrected chi connectivity index (χ4v) is 0.978. The van der Waals surface area contributed by atoms with E-state index in [0.29, 0.717) is 5.33 Å². The molecule has 0 aliphatic rings. The van der Waals surface area contributed by atoms with Crippen LogP contribution in [0.25, 0.3) is 0 Å². The molecule has 1 N–H and O–H groups in total. The molecule has 0 aliphatic carbocycles. The lowest BCUT2D eigenvalue weighted by Crippen LogP contribution is -2.01. The summed E-state index contributed by atoms with van der Waals surface area (Å²) < 4.78 is 0. The summed E-state index contributed by atoms with van der Waals surface area (Å²) in [5.74, 6) is 5.54. The van der Waals surface area contributed by atoms with Crippen LogP contribution in [0.4, 0.5) is 0 Å².